The summed E-state index contributed by atoms with van der Waals surface area (Å²) in [5, 5.41) is 2.06. The summed E-state index contributed by atoms with van der Waals surface area (Å²) in [5.41, 5.74) is 8.61. The van der Waals surface area contributed by atoms with Gasteiger partial charge in [-0.25, -0.2) is 0 Å². The highest BCUT2D eigenvalue weighted by atomic mass is 32.2. The highest BCUT2D eigenvalue weighted by molar-refractivity contribution is 8.15. The molecule has 0 N–H and O–H groups in total. The van der Waals surface area contributed by atoms with Gasteiger partial charge in [0.2, 0.25) is 0 Å². The van der Waals surface area contributed by atoms with Crippen LogP contribution in [-0.2, 0) is 0 Å². The van der Waals surface area contributed by atoms with Crippen LogP contribution < -0.4 is 0 Å². The molecule has 2 aromatic carbocycles. The molecule has 0 saturated heterocycles. The zero-order valence-electron chi connectivity index (χ0n) is 22.1. The summed E-state index contributed by atoms with van der Waals surface area (Å²) in [6.07, 6.45) is 3.94. The van der Waals surface area contributed by atoms with Crippen molar-refractivity contribution in [3.63, 3.8) is 0 Å². The van der Waals surface area contributed by atoms with E-state index in [0.717, 1.165) is 55.2 Å². The third-order valence-corrected chi connectivity index (χ3v) is 9.45. The fraction of sp³-hybridized carbons (Fsp3) is 0.250. The second-order valence-corrected chi connectivity index (χ2v) is 13.0. The predicted molar refractivity (Wildman–Crippen MR) is 164 cm³/mol. The molecule has 2 aromatic heterocycles. The normalized spacial score (nSPS) is 17.8. The molecule has 6 rings (SSSR count). The Labute approximate surface area is 233 Å². The lowest BCUT2D eigenvalue weighted by atomic mass is 9.94. The maximum atomic E-state index is 4.84. The smallest absolute Gasteiger partial charge is 0.117 e. The number of thioether (sulfide) groups is 2. The summed E-state index contributed by atoms with van der Waals surface area (Å²) in [4.78, 5) is 19.3. The van der Waals surface area contributed by atoms with Gasteiger partial charge in [0.25, 0.3) is 0 Å². The van der Waals surface area contributed by atoms with Crippen LogP contribution in [0.5, 0.6) is 0 Å². The average Bonchev–Trinajstić information content (AvgIpc) is 3.49. The van der Waals surface area contributed by atoms with Crippen molar-refractivity contribution in [1.82, 2.24) is 9.97 Å². The molecule has 0 fully saturated rings. The Bertz CT molecular complexity index is 1440. The number of aromatic nitrogens is 2. The Morgan fingerprint density at radius 2 is 0.974 bits per heavy atom. The quantitative estimate of drug-likeness (QED) is 0.260. The average molecular weight is 535 g/mol. The van der Waals surface area contributed by atoms with Crippen LogP contribution in [-0.4, -0.2) is 42.6 Å². The van der Waals surface area contributed by atoms with Gasteiger partial charge in [-0.1, -0.05) is 42.5 Å². The minimum absolute atomic E-state index is 0.0257. The summed E-state index contributed by atoms with van der Waals surface area (Å²) >= 11 is 3.57. The highest BCUT2D eigenvalue weighted by Gasteiger charge is 2.27. The van der Waals surface area contributed by atoms with Crippen LogP contribution in [0.15, 0.2) is 95.2 Å². The Hall–Kier alpha value is -3.22. The van der Waals surface area contributed by atoms with Gasteiger partial charge in [0.15, 0.2) is 0 Å². The zero-order chi connectivity index (χ0) is 26.3. The number of hydrogen-bond acceptors (Lipinski definition) is 6. The molecule has 190 valence electrons. The monoisotopic (exact) mass is 534 g/mol. The molecular formula is C32H30N4S2. The van der Waals surface area contributed by atoms with Crippen LogP contribution in [0.4, 0.5) is 0 Å². The van der Waals surface area contributed by atoms with E-state index in [4.69, 9.17) is 20.0 Å². The van der Waals surface area contributed by atoms with E-state index in [2.05, 4.69) is 100 Å². The molecule has 6 heteroatoms. The summed E-state index contributed by atoms with van der Waals surface area (Å²) < 4.78 is 0. The second kappa shape index (κ2) is 9.83. The van der Waals surface area contributed by atoms with Gasteiger partial charge in [-0.2, -0.15) is 0 Å². The van der Waals surface area contributed by atoms with Crippen molar-refractivity contribution < 1.29 is 0 Å². The molecule has 4 aromatic rings. The van der Waals surface area contributed by atoms with Crippen molar-refractivity contribution in [3.05, 3.63) is 96.6 Å². The molecule has 0 radical (unpaired) electrons. The molecule has 4 heterocycles. The van der Waals surface area contributed by atoms with E-state index in [1.807, 2.05) is 12.4 Å². The second-order valence-electron chi connectivity index (χ2n) is 11.1. The van der Waals surface area contributed by atoms with Crippen LogP contribution in [0.3, 0.4) is 0 Å². The van der Waals surface area contributed by atoms with Crippen LogP contribution in [0.25, 0.3) is 33.4 Å². The molecule has 0 spiro atoms. The van der Waals surface area contributed by atoms with Crippen LogP contribution >= 0.6 is 23.5 Å². The van der Waals surface area contributed by atoms with Crippen molar-refractivity contribution in [1.29, 1.82) is 0 Å². The maximum absolute atomic E-state index is 4.84. The first-order valence-corrected chi connectivity index (χ1v) is 14.8. The maximum Gasteiger partial charge on any atom is 0.117 e. The van der Waals surface area contributed by atoms with Crippen LogP contribution in [0, 0.1) is 0 Å². The minimum Gasteiger partial charge on any atom is -0.269 e. The Morgan fingerprint density at radius 3 is 1.34 bits per heavy atom. The van der Waals surface area contributed by atoms with Gasteiger partial charge < -0.3 is 0 Å². The first-order valence-electron chi connectivity index (χ1n) is 12.8. The third kappa shape index (κ3) is 5.33. The van der Waals surface area contributed by atoms with Gasteiger partial charge in [0, 0.05) is 35.0 Å². The van der Waals surface area contributed by atoms with E-state index in [1.54, 1.807) is 23.5 Å². The first-order chi connectivity index (χ1) is 18.2. The fourth-order valence-electron chi connectivity index (χ4n) is 4.57. The highest BCUT2D eigenvalue weighted by Crippen LogP contribution is 2.35. The molecule has 2 aliphatic heterocycles. The molecule has 0 unspecified atom stereocenters. The fourth-order valence-corrected chi connectivity index (χ4v) is 6.84. The van der Waals surface area contributed by atoms with E-state index in [-0.39, 0.29) is 11.1 Å². The molecule has 2 aliphatic rings. The molecule has 0 saturated carbocycles. The molecule has 0 bridgehead atoms. The van der Waals surface area contributed by atoms with Crippen molar-refractivity contribution in [2.24, 2.45) is 9.98 Å². The standard InChI is InChI=1S/C32H30N4S2/c1-31(2)19-37-29(35-31)27-12-10-22(17-33-27)25-14-24(21-8-6-5-7-9-21)15-26(16-25)23-11-13-28(34-18-23)30-36-32(3,4)20-38-30/h5-18H,19-20H2,1-4H3. The zero-order valence-corrected chi connectivity index (χ0v) is 23.7. The molecule has 4 nitrogen and oxygen atoms in total. The molecular weight excluding hydrogens is 505 g/mol. The first kappa shape index (κ1) is 25.1. The summed E-state index contributed by atoms with van der Waals surface area (Å²) in [5.74, 6) is 1.98. The van der Waals surface area contributed by atoms with Gasteiger partial charge >= 0.3 is 0 Å². The van der Waals surface area contributed by atoms with E-state index in [1.165, 1.54) is 11.1 Å². The van der Waals surface area contributed by atoms with Crippen molar-refractivity contribution in [2.45, 2.75) is 38.8 Å². The lowest BCUT2D eigenvalue weighted by Crippen LogP contribution is -2.15. The van der Waals surface area contributed by atoms with Crippen molar-refractivity contribution in [3.8, 4) is 33.4 Å². The summed E-state index contributed by atoms with van der Waals surface area (Å²) in [6, 6.07) is 25.7. The van der Waals surface area contributed by atoms with Gasteiger partial charge in [0.1, 0.15) is 10.1 Å². The molecule has 0 amide bonds. The third-order valence-electron chi connectivity index (χ3n) is 6.60. The minimum atomic E-state index is -0.0257. The molecule has 0 atom stereocenters. The van der Waals surface area contributed by atoms with Crippen LogP contribution in [0.1, 0.15) is 39.1 Å². The van der Waals surface area contributed by atoms with E-state index < -0.39 is 0 Å². The van der Waals surface area contributed by atoms with Gasteiger partial charge in [0.05, 0.1) is 22.5 Å². The number of benzene rings is 2. The number of nitrogens with zero attached hydrogens (tertiary/aromatic N) is 4. The Morgan fingerprint density at radius 1 is 0.526 bits per heavy atom. The molecule has 38 heavy (non-hydrogen) atoms. The Balaban J connectivity index is 1.37. The van der Waals surface area contributed by atoms with Crippen molar-refractivity contribution in [2.75, 3.05) is 11.5 Å². The van der Waals surface area contributed by atoms with Gasteiger partial charge in [-0.3, -0.25) is 20.0 Å². The number of rotatable bonds is 5. The number of aliphatic imine (C=N–C) groups is 2. The number of hydrogen-bond donors (Lipinski definition) is 0. The summed E-state index contributed by atoms with van der Waals surface area (Å²) in [6.45, 7) is 8.67. The van der Waals surface area contributed by atoms with E-state index in [0.29, 0.717) is 0 Å². The summed E-state index contributed by atoms with van der Waals surface area (Å²) in [7, 11) is 0. The van der Waals surface area contributed by atoms with Gasteiger partial charge in [-0.15, -0.1) is 23.5 Å². The lowest BCUT2D eigenvalue weighted by molar-refractivity contribution is 0.604. The predicted octanol–water partition coefficient (Wildman–Crippen LogP) is 8.02. The topological polar surface area (TPSA) is 50.5 Å². The van der Waals surface area contributed by atoms with E-state index >= 15 is 0 Å². The molecule has 0 aliphatic carbocycles. The van der Waals surface area contributed by atoms with Crippen LogP contribution in [0.2, 0.25) is 0 Å². The van der Waals surface area contributed by atoms with Crippen molar-refractivity contribution >= 4 is 33.6 Å². The number of pyridine rings is 2. The van der Waals surface area contributed by atoms with Gasteiger partial charge in [-0.05, 0) is 80.3 Å². The largest absolute Gasteiger partial charge is 0.269 e. The van der Waals surface area contributed by atoms with E-state index in [9.17, 15) is 0 Å². The lowest BCUT2D eigenvalue weighted by Gasteiger charge is -2.12. The Kier molecular flexibility index (Phi) is 6.48. The SMILES string of the molecule is CC1(C)CSC(c2ccc(-c3cc(-c4ccccc4)cc(-c4ccc(C5=NC(C)(C)CS5)nc4)c3)cn2)=N1.